The molecule has 4 nitrogen and oxygen atoms in total. The molecule has 1 amide bonds. The lowest BCUT2D eigenvalue weighted by Gasteiger charge is -2.35. The predicted molar refractivity (Wildman–Crippen MR) is 89.3 cm³/mol. The quantitative estimate of drug-likeness (QED) is 0.855. The standard InChI is InChI=1S/C19H23N3O/c1-14-20-10-12-22(14)16-6-4-11-21(13-16)19(23)18-9-8-15-5-2-3-7-17(15)18/h2-3,5,7,10,12,16,18H,4,6,8-9,11,13H2,1H3/t16-,18-/m0/s1. The maximum absolute atomic E-state index is 13.1. The summed E-state index contributed by atoms with van der Waals surface area (Å²) in [4.78, 5) is 19.5. The van der Waals surface area contributed by atoms with E-state index in [4.69, 9.17) is 0 Å². The predicted octanol–water partition coefficient (Wildman–Crippen LogP) is 3.09. The number of hydrogen-bond donors (Lipinski definition) is 0. The van der Waals surface area contributed by atoms with E-state index in [1.807, 2.05) is 19.3 Å². The van der Waals surface area contributed by atoms with Crippen LogP contribution in [0.5, 0.6) is 0 Å². The van der Waals surface area contributed by atoms with Crippen molar-refractivity contribution < 1.29 is 4.79 Å². The van der Waals surface area contributed by atoms with Gasteiger partial charge in [0.2, 0.25) is 5.91 Å². The van der Waals surface area contributed by atoms with E-state index in [9.17, 15) is 4.79 Å². The molecule has 4 heteroatoms. The largest absolute Gasteiger partial charge is 0.340 e. The number of benzene rings is 1. The van der Waals surface area contributed by atoms with Gasteiger partial charge in [0.25, 0.3) is 0 Å². The Morgan fingerprint density at radius 2 is 2.13 bits per heavy atom. The number of fused-ring (bicyclic) bond motifs is 1. The Bertz CT molecular complexity index is 721. The van der Waals surface area contributed by atoms with Gasteiger partial charge in [0, 0.05) is 25.5 Å². The van der Waals surface area contributed by atoms with Crippen LogP contribution >= 0.6 is 0 Å². The van der Waals surface area contributed by atoms with Gasteiger partial charge in [-0.3, -0.25) is 4.79 Å². The third kappa shape index (κ3) is 2.56. The van der Waals surface area contributed by atoms with Gasteiger partial charge in [-0.2, -0.15) is 0 Å². The van der Waals surface area contributed by atoms with E-state index in [0.717, 1.165) is 44.6 Å². The zero-order chi connectivity index (χ0) is 15.8. The van der Waals surface area contributed by atoms with Crippen molar-refractivity contribution in [1.29, 1.82) is 0 Å². The van der Waals surface area contributed by atoms with Crippen molar-refractivity contribution in [2.24, 2.45) is 0 Å². The van der Waals surface area contributed by atoms with Crippen molar-refractivity contribution in [2.45, 2.75) is 44.6 Å². The van der Waals surface area contributed by atoms with E-state index >= 15 is 0 Å². The third-order valence-electron chi connectivity index (χ3n) is 5.39. The molecule has 0 saturated carbocycles. The number of aryl methyl sites for hydroxylation is 2. The maximum Gasteiger partial charge on any atom is 0.230 e. The number of carbonyl (C=O) groups is 1. The van der Waals surface area contributed by atoms with Crippen LogP contribution in [0.4, 0.5) is 0 Å². The minimum atomic E-state index is 0.0637. The average Bonchev–Trinajstić information content (AvgIpc) is 3.20. The van der Waals surface area contributed by atoms with Gasteiger partial charge in [-0.1, -0.05) is 24.3 Å². The van der Waals surface area contributed by atoms with Gasteiger partial charge in [0.1, 0.15) is 5.82 Å². The molecule has 2 heterocycles. The topological polar surface area (TPSA) is 38.1 Å². The molecule has 120 valence electrons. The van der Waals surface area contributed by atoms with Gasteiger partial charge in [-0.15, -0.1) is 0 Å². The summed E-state index contributed by atoms with van der Waals surface area (Å²) in [7, 11) is 0. The Morgan fingerprint density at radius 1 is 1.26 bits per heavy atom. The first-order valence-corrected chi connectivity index (χ1v) is 8.60. The lowest BCUT2D eigenvalue weighted by Crippen LogP contribution is -2.42. The van der Waals surface area contributed by atoms with Crippen molar-refractivity contribution in [3.63, 3.8) is 0 Å². The van der Waals surface area contributed by atoms with Crippen molar-refractivity contribution in [1.82, 2.24) is 14.5 Å². The molecule has 0 unspecified atom stereocenters. The molecule has 0 bridgehead atoms. The summed E-state index contributed by atoms with van der Waals surface area (Å²) in [5, 5.41) is 0. The molecule has 0 radical (unpaired) electrons. The van der Waals surface area contributed by atoms with Gasteiger partial charge in [-0.05, 0) is 43.7 Å². The third-order valence-corrected chi connectivity index (χ3v) is 5.39. The van der Waals surface area contributed by atoms with E-state index in [1.165, 1.54) is 11.1 Å². The Labute approximate surface area is 137 Å². The molecule has 1 aliphatic heterocycles. The number of likely N-dealkylation sites (tertiary alicyclic amines) is 1. The fourth-order valence-corrected chi connectivity index (χ4v) is 4.19. The number of piperidine rings is 1. The summed E-state index contributed by atoms with van der Waals surface area (Å²) in [6.45, 7) is 3.74. The highest BCUT2D eigenvalue weighted by atomic mass is 16.2. The van der Waals surface area contributed by atoms with Crippen molar-refractivity contribution >= 4 is 5.91 Å². The summed E-state index contributed by atoms with van der Waals surface area (Å²) >= 11 is 0. The lowest BCUT2D eigenvalue weighted by molar-refractivity contribution is -0.134. The van der Waals surface area contributed by atoms with Gasteiger partial charge >= 0.3 is 0 Å². The molecule has 1 aromatic carbocycles. The second-order valence-electron chi connectivity index (χ2n) is 6.75. The first kappa shape index (κ1) is 14.5. The monoisotopic (exact) mass is 309 g/mol. The highest BCUT2D eigenvalue weighted by molar-refractivity contribution is 5.85. The Kier molecular flexibility index (Phi) is 3.68. The molecule has 2 aromatic rings. The zero-order valence-electron chi connectivity index (χ0n) is 13.6. The van der Waals surface area contributed by atoms with Crippen LogP contribution < -0.4 is 0 Å². The smallest absolute Gasteiger partial charge is 0.230 e. The second kappa shape index (κ2) is 5.84. The number of nitrogens with zero attached hydrogens (tertiary/aromatic N) is 3. The van der Waals surface area contributed by atoms with E-state index in [1.54, 1.807) is 0 Å². The average molecular weight is 309 g/mol. The summed E-state index contributed by atoms with van der Waals surface area (Å²) in [6.07, 6.45) is 8.08. The van der Waals surface area contributed by atoms with Crippen LogP contribution in [0.15, 0.2) is 36.7 Å². The fourth-order valence-electron chi connectivity index (χ4n) is 4.19. The Hall–Kier alpha value is -2.10. The highest BCUT2D eigenvalue weighted by Crippen LogP contribution is 2.35. The Balaban J connectivity index is 1.52. The number of imidazole rings is 1. The number of amides is 1. The molecule has 0 spiro atoms. The first-order chi connectivity index (χ1) is 11.2. The number of hydrogen-bond acceptors (Lipinski definition) is 2. The number of rotatable bonds is 2. The van der Waals surface area contributed by atoms with Crippen LogP contribution in [0.1, 0.15) is 48.2 Å². The van der Waals surface area contributed by atoms with E-state index in [0.29, 0.717) is 11.9 Å². The van der Waals surface area contributed by atoms with E-state index in [2.05, 4.69) is 38.7 Å². The zero-order valence-corrected chi connectivity index (χ0v) is 13.6. The molecular formula is C19H23N3O. The molecule has 1 aromatic heterocycles. The Morgan fingerprint density at radius 3 is 2.96 bits per heavy atom. The van der Waals surface area contributed by atoms with Crippen molar-refractivity contribution in [2.75, 3.05) is 13.1 Å². The van der Waals surface area contributed by atoms with Crippen LogP contribution in [0, 0.1) is 6.92 Å². The first-order valence-electron chi connectivity index (χ1n) is 8.60. The normalized spacial score (nSPS) is 23.8. The van der Waals surface area contributed by atoms with E-state index < -0.39 is 0 Å². The molecule has 1 fully saturated rings. The SMILES string of the molecule is Cc1nccn1[C@H]1CCCN(C(=O)[C@H]2CCc3ccccc32)C1. The molecule has 1 saturated heterocycles. The molecule has 2 atom stereocenters. The molecule has 4 rings (SSSR count). The molecule has 23 heavy (non-hydrogen) atoms. The summed E-state index contributed by atoms with van der Waals surface area (Å²) in [5.41, 5.74) is 2.60. The van der Waals surface area contributed by atoms with Crippen LogP contribution in [0.3, 0.4) is 0 Å². The van der Waals surface area contributed by atoms with Crippen molar-refractivity contribution in [3.05, 3.63) is 53.6 Å². The van der Waals surface area contributed by atoms with Gasteiger partial charge in [0.05, 0.1) is 12.0 Å². The molecular weight excluding hydrogens is 286 g/mol. The van der Waals surface area contributed by atoms with Gasteiger partial charge in [0.15, 0.2) is 0 Å². The number of carbonyl (C=O) groups excluding carboxylic acids is 1. The minimum absolute atomic E-state index is 0.0637. The summed E-state index contributed by atoms with van der Waals surface area (Å²) < 4.78 is 2.22. The lowest BCUT2D eigenvalue weighted by atomic mass is 9.97. The molecule has 2 aliphatic rings. The van der Waals surface area contributed by atoms with Crippen LogP contribution in [-0.2, 0) is 11.2 Å². The minimum Gasteiger partial charge on any atom is -0.340 e. The van der Waals surface area contributed by atoms with Crippen LogP contribution in [-0.4, -0.2) is 33.4 Å². The molecule has 1 aliphatic carbocycles. The molecule has 0 N–H and O–H groups in total. The number of aromatic nitrogens is 2. The van der Waals surface area contributed by atoms with Gasteiger partial charge < -0.3 is 9.47 Å². The maximum atomic E-state index is 13.1. The van der Waals surface area contributed by atoms with Crippen LogP contribution in [0.2, 0.25) is 0 Å². The van der Waals surface area contributed by atoms with Gasteiger partial charge in [-0.25, -0.2) is 4.98 Å². The highest BCUT2D eigenvalue weighted by Gasteiger charge is 2.34. The summed E-state index contributed by atoms with van der Waals surface area (Å²) in [5.74, 6) is 1.42. The fraction of sp³-hybridized carbons (Fsp3) is 0.474. The second-order valence-corrected chi connectivity index (χ2v) is 6.75. The van der Waals surface area contributed by atoms with E-state index in [-0.39, 0.29) is 5.92 Å². The summed E-state index contributed by atoms with van der Waals surface area (Å²) in [6, 6.07) is 8.79. The van der Waals surface area contributed by atoms with Crippen LogP contribution in [0.25, 0.3) is 0 Å². The van der Waals surface area contributed by atoms with Crippen molar-refractivity contribution in [3.8, 4) is 0 Å².